The van der Waals surface area contributed by atoms with Crippen molar-refractivity contribution in [1.82, 2.24) is 25.2 Å². The van der Waals surface area contributed by atoms with Crippen molar-refractivity contribution in [3.63, 3.8) is 0 Å². The molecule has 1 fully saturated rings. The van der Waals surface area contributed by atoms with Gasteiger partial charge in [0.25, 0.3) is 0 Å². The highest BCUT2D eigenvalue weighted by Crippen LogP contribution is 2.17. The fraction of sp³-hybridized carbons (Fsp3) is 0.828. The number of aromatic nitrogens is 3. The van der Waals surface area contributed by atoms with Crippen LogP contribution in [0.2, 0.25) is 0 Å². The molecule has 1 saturated heterocycles. The van der Waals surface area contributed by atoms with Crippen LogP contribution in [0.15, 0.2) is 11.2 Å². The number of guanidine groups is 1. The molecule has 0 unspecified atom stereocenters. The monoisotopic (exact) mass is 546 g/mol. The van der Waals surface area contributed by atoms with Gasteiger partial charge in [0.1, 0.15) is 6.04 Å². The first-order chi connectivity index (χ1) is 18.9. The zero-order valence-electron chi connectivity index (χ0n) is 24.6. The van der Waals surface area contributed by atoms with Gasteiger partial charge in [0.05, 0.1) is 5.69 Å². The zero-order chi connectivity index (χ0) is 28.3. The molecule has 2 atom stereocenters. The number of piperidine rings is 1. The molecule has 1 aliphatic rings. The van der Waals surface area contributed by atoms with E-state index in [0.29, 0.717) is 44.2 Å². The molecule has 0 aliphatic carbocycles. The van der Waals surface area contributed by atoms with E-state index in [0.717, 1.165) is 70.2 Å². The fourth-order valence-corrected chi connectivity index (χ4v) is 5.03. The first kappa shape index (κ1) is 32.6. The Morgan fingerprint density at radius 2 is 1.67 bits per heavy atom. The van der Waals surface area contributed by atoms with Gasteiger partial charge in [-0.15, -0.1) is 5.10 Å². The second-order valence-electron chi connectivity index (χ2n) is 11.2. The number of aliphatic imine (C=N–C) groups is 1. The smallest absolute Gasteiger partial charge is 0.244 e. The normalized spacial score (nSPS) is 15.1. The predicted octanol–water partition coefficient (Wildman–Crippen LogP) is 4.10. The van der Waals surface area contributed by atoms with Gasteiger partial charge in [-0.05, 0) is 57.3 Å². The van der Waals surface area contributed by atoms with Gasteiger partial charge in [0, 0.05) is 38.8 Å². The van der Waals surface area contributed by atoms with E-state index in [4.69, 9.17) is 11.5 Å². The Bertz CT molecular complexity index is 846. The quantitative estimate of drug-likeness (QED) is 0.128. The minimum atomic E-state index is -0.417. The van der Waals surface area contributed by atoms with Gasteiger partial charge >= 0.3 is 0 Å². The molecular formula is C29H54N8O2. The summed E-state index contributed by atoms with van der Waals surface area (Å²) in [5, 5.41) is 11.7. The Morgan fingerprint density at radius 3 is 2.33 bits per heavy atom. The number of carbonyl (C=O) groups excluding carboxylic acids is 2. The minimum absolute atomic E-state index is 0.0289. The second-order valence-corrected chi connectivity index (χ2v) is 11.2. The van der Waals surface area contributed by atoms with E-state index in [1.54, 1.807) is 4.68 Å². The topological polar surface area (TPSA) is 145 Å². The van der Waals surface area contributed by atoms with Crippen molar-refractivity contribution in [2.75, 3.05) is 26.2 Å². The standard InChI is InChI=1S/C29H54N8O2/c1-3-24(2)22-25-23-37(35-34-25)26(16-15-19-33-29(30)31)28(39)32-18-12-9-7-5-4-6-8-11-17-27(38)36-20-13-10-14-21-36/h23-24,26H,3-22H2,1-2H3,(H,32,39)(H4,30,31,33)/t24-,26-/m0/s1. The Balaban J connectivity index is 1.60. The van der Waals surface area contributed by atoms with Crippen molar-refractivity contribution in [2.45, 2.75) is 123 Å². The lowest BCUT2D eigenvalue weighted by atomic mass is 10.0. The maximum absolute atomic E-state index is 13.0. The highest BCUT2D eigenvalue weighted by Gasteiger charge is 2.22. The van der Waals surface area contributed by atoms with Crippen LogP contribution in [-0.2, 0) is 16.0 Å². The Hall–Kier alpha value is -2.65. The van der Waals surface area contributed by atoms with E-state index in [1.807, 2.05) is 11.1 Å². The number of likely N-dealkylation sites (tertiary alicyclic amines) is 1. The fourth-order valence-electron chi connectivity index (χ4n) is 5.03. The van der Waals surface area contributed by atoms with Crippen molar-refractivity contribution >= 4 is 17.8 Å². The van der Waals surface area contributed by atoms with Crippen molar-refractivity contribution in [2.24, 2.45) is 22.4 Å². The zero-order valence-corrected chi connectivity index (χ0v) is 24.6. The molecule has 2 amide bonds. The van der Waals surface area contributed by atoms with E-state index >= 15 is 0 Å². The summed E-state index contributed by atoms with van der Waals surface area (Å²) in [5.74, 6) is 0.912. The Labute approximate surface area is 235 Å². The molecule has 2 rings (SSSR count). The minimum Gasteiger partial charge on any atom is -0.370 e. The first-order valence-electron chi connectivity index (χ1n) is 15.4. The highest BCUT2D eigenvalue weighted by atomic mass is 16.2. The summed E-state index contributed by atoms with van der Waals surface area (Å²) in [7, 11) is 0. The Morgan fingerprint density at radius 1 is 1.00 bits per heavy atom. The van der Waals surface area contributed by atoms with Gasteiger partial charge in [0.15, 0.2) is 5.96 Å². The number of hydrogen-bond acceptors (Lipinski definition) is 5. The van der Waals surface area contributed by atoms with Gasteiger partial charge < -0.3 is 21.7 Å². The number of unbranched alkanes of at least 4 members (excludes halogenated alkanes) is 7. The van der Waals surface area contributed by atoms with Crippen LogP contribution in [0.1, 0.15) is 122 Å². The van der Waals surface area contributed by atoms with Crippen LogP contribution in [0.25, 0.3) is 0 Å². The number of nitrogens with one attached hydrogen (secondary N) is 1. The summed E-state index contributed by atoms with van der Waals surface area (Å²) in [5.41, 5.74) is 11.8. The molecule has 39 heavy (non-hydrogen) atoms. The molecule has 10 heteroatoms. The molecule has 0 bridgehead atoms. The van der Waals surface area contributed by atoms with Crippen LogP contribution in [0.5, 0.6) is 0 Å². The second kappa shape index (κ2) is 19.4. The Kier molecular flexibility index (Phi) is 16.2. The number of carbonyl (C=O) groups is 2. The number of nitrogens with zero attached hydrogens (tertiary/aromatic N) is 5. The van der Waals surface area contributed by atoms with E-state index in [2.05, 4.69) is 34.5 Å². The van der Waals surface area contributed by atoms with Crippen LogP contribution in [0.4, 0.5) is 0 Å². The SMILES string of the molecule is CC[C@H](C)Cc1cn([C@@H](CCCN=C(N)N)C(=O)NCCCCCCCCCCC(=O)N2CCCCC2)nn1. The number of amides is 2. The molecule has 0 radical (unpaired) electrons. The van der Waals surface area contributed by atoms with E-state index in [9.17, 15) is 9.59 Å². The van der Waals surface area contributed by atoms with Crippen LogP contribution < -0.4 is 16.8 Å². The number of hydrogen-bond donors (Lipinski definition) is 3. The summed E-state index contributed by atoms with van der Waals surface area (Å²) in [6.45, 7) is 7.41. The summed E-state index contributed by atoms with van der Waals surface area (Å²) >= 11 is 0. The molecule has 2 heterocycles. The third-order valence-electron chi connectivity index (χ3n) is 7.69. The molecule has 0 spiro atoms. The van der Waals surface area contributed by atoms with Crippen LogP contribution in [0.3, 0.4) is 0 Å². The summed E-state index contributed by atoms with van der Waals surface area (Å²) in [6.07, 6.45) is 18.4. The van der Waals surface area contributed by atoms with E-state index in [1.165, 1.54) is 32.1 Å². The lowest BCUT2D eigenvalue weighted by molar-refractivity contribution is -0.132. The van der Waals surface area contributed by atoms with Crippen LogP contribution in [0, 0.1) is 5.92 Å². The predicted molar refractivity (Wildman–Crippen MR) is 157 cm³/mol. The highest BCUT2D eigenvalue weighted by molar-refractivity contribution is 5.80. The number of nitrogens with two attached hydrogens (primary N) is 2. The van der Waals surface area contributed by atoms with E-state index in [-0.39, 0.29) is 11.9 Å². The molecule has 1 aliphatic heterocycles. The molecule has 10 nitrogen and oxygen atoms in total. The largest absolute Gasteiger partial charge is 0.370 e. The maximum Gasteiger partial charge on any atom is 0.244 e. The van der Waals surface area contributed by atoms with Gasteiger partial charge in [-0.2, -0.15) is 0 Å². The van der Waals surface area contributed by atoms with Gasteiger partial charge in [-0.3, -0.25) is 14.6 Å². The van der Waals surface area contributed by atoms with Crippen LogP contribution >= 0.6 is 0 Å². The average Bonchev–Trinajstić information content (AvgIpc) is 3.39. The summed E-state index contributed by atoms with van der Waals surface area (Å²) in [4.78, 5) is 31.3. The lowest BCUT2D eigenvalue weighted by Crippen LogP contribution is -2.35. The molecule has 222 valence electrons. The molecule has 0 saturated carbocycles. The van der Waals surface area contributed by atoms with Gasteiger partial charge in [-0.25, -0.2) is 4.68 Å². The van der Waals surface area contributed by atoms with Gasteiger partial charge in [0.2, 0.25) is 11.8 Å². The lowest BCUT2D eigenvalue weighted by Gasteiger charge is -2.26. The first-order valence-corrected chi connectivity index (χ1v) is 15.4. The molecule has 5 N–H and O–H groups in total. The molecule has 1 aromatic heterocycles. The average molecular weight is 547 g/mol. The van der Waals surface area contributed by atoms with Crippen molar-refractivity contribution in [3.8, 4) is 0 Å². The third-order valence-corrected chi connectivity index (χ3v) is 7.69. The summed E-state index contributed by atoms with van der Waals surface area (Å²) in [6, 6.07) is -0.417. The molecule has 0 aromatic carbocycles. The third kappa shape index (κ3) is 13.8. The number of rotatable bonds is 20. The summed E-state index contributed by atoms with van der Waals surface area (Å²) < 4.78 is 1.70. The van der Waals surface area contributed by atoms with Gasteiger partial charge in [-0.1, -0.05) is 64.0 Å². The van der Waals surface area contributed by atoms with E-state index < -0.39 is 6.04 Å². The van der Waals surface area contributed by atoms with Crippen molar-refractivity contribution in [3.05, 3.63) is 11.9 Å². The molecule has 1 aromatic rings. The van der Waals surface area contributed by atoms with Crippen LogP contribution in [-0.4, -0.2) is 63.8 Å². The van der Waals surface area contributed by atoms with Crippen molar-refractivity contribution in [1.29, 1.82) is 0 Å². The molecular weight excluding hydrogens is 492 g/mol. The van der Waals surface area contributed by atoms with Crippen molar-refractivity contribution < 1.29 is 9.59 Å². The maximum atomic E-state index is 13.0.